The largest absolute Gasteiger partial charge is 0.467 e. The first-order chi connectivity index (χ1) is 10.3. The minimum absolute atomic E-state index is 0.112. The van der Waals surface area contributed by atoms with Crippen molar-refractivity contribution in [2.24, 2.45) is 0 Å². The van der Waals surface area contributed by atoms with Crippen LogP contribution in [0.2, 0.25) is 0 Å². The lowest BCUT2D eigenvalue weighted by molar-refractivity contribution is -0.147. The third kappa shape index (κ3) is 3.42. The number of esters is 1. The summed E-state index contributed by atoms with van der Waals surface area (Å²) in [7, 11) is -2.24. The zero-order valence-corrected chi connectivity index (χ0v) is 13.1. The van der Waals surface area contributed by atoms with Crippen molar-refractivity contribution in [3.05, 3.63) is 30.1 Å². The van der Waals surface area contributed by atoms with Gasteiger partial charge in [-0.25, -0.2) is 13.2 Å². The molecule has 120 valence electrons. The van der Waals surface area contributed by atoms with Crippen molar-refractivity contribution in [3.8, 4) is 0 Å². The summed E-state index contributed by atoms with van der Waals surface area (Å²) in [6, 6.07) is 2.24. The van der Waals surface area contributed by atoms with Crippen LogP contribution in [0.4, 0.5) is 0 Å². The SMILES string of the molecule is COC(=O)[C@H]1CN(S(C)(=O)=O)CCN1C(=O)c1cccnc1. The number of hydrogen-bond acceptors (Lipinski definition) is 6. The molecule has 0 spiro atoms. The molecule has 0 aliphatic carbocycles. The van der Waals surface area contributed by atoms with Gasteiger partial charge in [-0.3, -0.25) is 9.78 Å². The maximum atomic E-state index is 12.5. The van der Waals surface area contributed by atoms with Crippen LogP contribution in [0.3, 0.4) is 0 Å². The van der Waals surface area contributed by atoms with E-state index in [1.807, 2.05) is 0 Å². The van der Waals surface area contributed by atoms with Crippen LogP contribution < -0.4 is 0 Å². The lowest BCUT2D eigenvalue weighted by atomic mass is 10.1. The second-order valence-corrected chi connectivity index (χ2v) is 6.88. The maximum absolute atomic E-state index is 12.5. The molecule has 2 rings (SSSR count). The minimum atomic E-state index is -3.44. The number of rotatable bonds is 3. The molecular formula is C13H17N3O5S. The van der Waals surface area contributed by atoms with Crippen LogP contribution in [-0.2, 0) is 19.6 Å². The number of ether oxygens (including phenoxy) is 1. The standard InChI is InChI=1S/C13H17N3O5S/c1-21-13(18)11-9-15(22(2,19)20)6-7-16(11)12(17)10-4-3-5-14-8-10/h3-5,8,11H,6-7,9H2,1-2H3/t11-/m1/s1. The van der Waals surface area contributed by atoms with Crippen LogP contribution in [0.15, 0.2) is 24.5 Å². The highest BCUT2D eigenvalue weighted by atomic mass is 32.2. The van der Waals surface area contributed by atoms with E-state index < -0.39 is 22.0 Å². The summed E-state index contributed by atoms with van der Waals surface area (Å²) in [5.41, 5.74) is 0.337. The van der Waals surface area contributed by atoms with Gasteiger partial charge in [0.05, 0.1) is 18.9 Å². The summed E-state index contributed by atoms with van der Waals surface area (Å²) in [6.07, 6.45) is 4.01. The topological polar surface area (TPSA) is 96.9 Å². The zero-order valence-electron chi connectivity index (χ0n) is 12.3. The monoisotopic (exact) mass is 327 g/mol. The fraction of sp³-hybridized carbons (Fsp3) is 0.462. The van der Waals surface area contributed by atoms with Crippen molar-refractivity contribution in [3.63, 3.8) is 0 Å². The van der Waals surface area contributed by atoms with Gasteiger partial charge >= 0.3 is 5.97 Å². The molecule has 0 aromatic carbocycles. The zero-order chi connectivity index (χ0) is 16.3. The Morgan fingerprint density at radius 3 is 2.64 bits per heavy atom. The molecule has 0 radical (unpaired) electrons. The van der Waals surface area contributed by atoms with Crippen molar-refractivity contribution >= 4 is 21.9 Å². The number of methoxy groups -OCH3 is 1. The number of carbonyl (C=O) groups is 2. The second-order valence-electron chi connectivity index (χ2n) is 4.90. The number of carbonyl (C=O) groups excluding carboxylic acids is 2. The molecule has 1 aromatic heterocycles. The van der Waals surface area contributed by atoms with Gasteiger partial charge in [0.2, 0.25) is 10.0 Å². The molecule has 1 fully saturated rings. The van der Waals surface area contributed by atoms with Crippen molar-refractivity contribution < 1.29 is 22.7 Å². The molecule has 1 aliphatic heterocycles. The number of nitrogens with zero attached hydrogens (tertiary/aromatic N) is 3. The Labute approximate surface area is 128 Å². The summed E-state index contributed by atoms with van der Waals surface area (Å²) in [5.74, 6) is -1.03. The Balaban J connectivity index is 2.27. The predicted octanol–water partition coefficient (Wildman–Crippen LogP) is -0.659. The van der Waals surface area contributed by atoms with E-state index in [2.05, 4.69) is 4.98 Å². The molecule has 9 heteroatoms. The highest BCUT2D eigenvalue weighted by molar-refractivity contribution is 7.88. The molecule has 1 amide bonds. The van der Waals surface area contributed by atoms with E-state index in [1.165, 1.54) is 28.7 Å². The van der Waals surface area contributed by atoms with Crippen molar-refractivity contribution in [2.75, 3.05) is 33.0 Å². The Hall–Kier alpha value is -2.00. The first kappa shape index (κ1) is 16.4. The lowest BCUT2D eigenvalue weighted by Gasteiger charge is -2.38. The van der Waals surface area contributed by atoms with Gasteiger partial charge in [0, 0.05) is 32.0 Å². The van der Waals surface area contributed by atoms with Gasteiger partial charge < -0.3 is 9.64 Å². The fourth-order valence-corrected chi connectivity index (χ4v) is 3.12. The molecular weight excluding hydrogens is 310 g/mol. The summed E-state index contributed by atoms with van der Waals surface area (Å²) >= 11 is 0. The van der Waals surface area contributed by atoms with E-state index >= 15 is 0 Å². The average Bonchev–Trinajstić information content (AvgIpc) is 2.52. The molecule has 1 aliphatic rings. The molecule has 1 atom stereocenters. The van der Waals surface area contributed by atoms with Gasteiger partial charge in [-0.05, 0) is 12.1 Å². The van der Waals surface area contributed by atoms with E-state index in [-0.39, 0.29) is 25.5 Å². The number of aromatic nitrogens is 1. The van der Waals surface area contributed by atoms with Crippen LogP contribution in [0.1, 0.15) is 10.4 Å². The van der Waals surface area contributed by atoms with Crippen LogP contribution in [-0.4, -0.2) is 73.5 Å². The molecule has 1 saturated heterocycles. The lowest BCUT2D eigenvalue weighted by Crippen LogP contribution is -2.59. The first-order valence-electron chi connectivity index (χ1n) is 6.58. The van der Waals surface area contributed by atoms with E-state index in [9.17, 15) is 18.0 Å². The van der Waals surface area contributed by atoms with Crippen molar-refractivity contribution in [1.82, 2.24) is 14.2 Å². The average molecular weight is 327 g/mol. The number of amides is 1. The van der Waals surface area contributed by atoms with E-state index in [0.29, 0.717) is 5.56 Å². The Bertz CT molecular complexity index is 662. The van der Waals surface area contributed by atoms with Crippen molar-refractivity contribution in [2.45, 2.75) is 6.04 Å². The quantitative estimate of drug-likeness (QED) is 0.684. The van der Waals surface area contributed by atoms with Crippen LogP contribution in [0.25, 0.3) is 0 Å². The number of sulfonamides is 1. The van der Waals surface area contributed by atoms with Crippen LogP contribution in [0.5, 0.6) is 0 Å². The smallest absolute Gasteiger partial charge is 0.329 e. The van der Waals surface area contributed by atoms with Crippen LogP contribution >= 0.6 is 0 Å². The van der Waals surface area contributed by atoms with Gasteiger partial charge in [0.25, 0.3) is 5.91 Å². The minimum Gasteiger partial charge on any atom is -0.467 e. The first-order valence-corrected chi connectivity index (χ1v) is 8.43. The van der Waals surface area contributed by atoms with Crippen molar-refractivity contribution in [1.29, 1.82) is 0 Å². The second kappa shape index (κ2) is 6.41. The summed E-state index contributed by atoms with van der Waals surface area (Å²) < 4.78 is 29.2. The van der Waals surface area contributed by atoms with E-state index in [1.54, 1.807) is 12.1 Å². The third-order valence-corrected chi connectivity index (χ3v) is 4.72. The molecule has 2 heterocycles. The van der Waals surface area contributed by atoms with Gasteiger partial charge in [-0.1, -0.05) is 0 Å². The highest BCUT2D eigenvalue weighted by Crippen LogP contribution is 2.17. The summed E-state index contributed by atoms with van der Waals surface area (Å²) in [5, 5.41) is 0. The molecule has 0 saturated carbocycles. The summed E-state index contributed by atoms with van der Waals surface area (Å²) in [6.45, 7) is 0.135. The van der Waals surface area contributed by atoms with E-state index in [0.717, 1.165) is 6.26 Å². The molecule has 0 bridgehead atoms. The van der Waals surface area contributed by atoms with E-state index in [4.69, 9.17) is 4.74 Å². The highest BCUT2D eigenvalue weighted by Gasteiger charge is 2.39. The van der Waals surface area contributed by atoms with Gasteiger partial charge in [0.15, 0.2) is 0 Å². The third-order valence-electron chi connectivity index (χ3n) is 3.45. The maximum Gasteiger partial charge on any atom is 0.329 e. The normalized spacial score (nSPS) is 19.7. The number of hydrogen-bond donors (Lipinski definition) is 0. The van der Waals surface area contributed by atoms with Gasteiger partial charge in [-0.2, -0.15) is 4.31 Å². The molecule has 8 nitrogen and oxygen atoms in total. The van der Waals surface area contributed by atoms with Crippen LogP contribution in [0, 0.1) is 0 Å². The molecule has 0 N–H and O–H groups in total. The number of piperazine rings is 1. The summed E-state index contributed by atoms with van der Waals surface area (Å²) in [4.78, 5) is 29.6. The Morgan fingerprint density at radius 1 is 1.36 bits per heavy atom. The molecule has 22 heavy (non-hydrogen) atoms. The van der Waals surface area contributed by atoms with Gasteiger partial charge in [-0.15, -0.1) is 0 Å². The predicted molar refractivity (Wildman–Crippen MR) is 77.5 cm³/mol. The molecule has 1 aromatic rings. The fourth-order valence-electron chi connectivity index (χ4n) is 2.30. The Morgan fingerprint density at radius 2 is 2.09 bits per heavy atom. The molecule has 0 unspecified atom stereocenters. The Kier molecular flexibility index (Phi) is 4.77. The number of pyridine rings is 1. The van der Waals surface area contributed by atoms with Gasteiger partial charge in [0.1, 0.15) is 6.04 Å².